The number of hydrogen-bond acceptors (Lipinski definition) is 6. The Morgan fingerprint density at radius 3 is 2.28 bits per heavy atom. The average Bonchev–Trinajstić information content (AvgIpc) is 3.10. The summed E-state index contributed by atoms with van der Waals surface area (Å²) in [7, 11) is 2.32. The second kappa shape index (κ2) is 9.75. The fourth-order valence-electron chi connectivity index (χ4n) is 6.17. The Morgan fingerprint density at radius 2 is 1.69 bits per heavy atom. The molecule has 5 rings (SSSR count). The summed E-state index contributed by atoms with van der Waals surface area (Å²) in [6.07, 6.45) is 6.66. The Kier molecular flexibility index (Phi) is 7.65. The lowest BCUT2D eigenvalue weighted by atomic mass is 9.81. The number of piperidine rings is 2. The number of amides is 1. The van der Waals surface area contributed by atoms with E-state index in [1.54, 1.807) is 12.1 Å². The van der Waals surface area contributed by atoms with E-state index in [9.17, 15) is 4.79 Å². The van der Waals surface area contributed by atoms with Crippen molar-refractivity contribution in [3.8, 4) is 0 Å². The summed E-state index contributed by atoms with van der Waals surface area (Å²) in [5.74, 6) is -0.473. The minimum atomic E-state index is -0.473. The van der Waals surface area contributed by atoms with Gasteiger partial charge in [-0.3, -0.25) is 9.69 Å². The van der Waals surface area contributed by atoms with E-state index in [0.29, 0.717) is 40.8 Å². The summed E-state index contributed by atoms with van der Waals surface area (Å²) in [6, 6.07) is 8.69. The predicted molar refractivity (Wildman–Crippen MR) is 132 cm³/mol. The van der Waals surface area contributed by atoms with Crippen LogP contribution in [0.3, 0.4) is 0 Å². The molecule has 4 atom stereocenters. The normalized spacial score (nSPS) is 31.1. The Morgan fingerprint density at radius 1 is 1.06 bits per heavy atom. The van der Waals surface area contributed by atoms with E-state index >= 15 is 0 Å². The molecule has 2 bridgehead atoms. The van der Waals surface area contributed by atoms with Gasteiger partial charge in [0.05, 0.1) is 5.56 Å². The van der Waals surface area contributed by atoms with Crippen LogP contribution in [0, 0.1) is 0 Å². The van der Waals surface area contributed by atoms with Crippen LogP contribution in [0.25, 0.3) is 11.1 Å². The van der Waals surface area contributed by atoms with Crippen molar-refractivity contribution in [2.45, 2.75) is 76.2 Å². The number of carbonyl (C=O) groups excluding carboxylic acids is 1. The van der Waals surface area contributed by atoms with Crippen molar-refractivity contribution in [3.05, 3.63) is 23.8 Å². The summed E-state index contributed by atoms with van der Waals surface area (Å²) in [5, 5.41) is 0. The number of nitrogens with two attached hydrogens (primary N) is 1. The van der Waals surface area contributed by atoms with Crippen molar-refractivity contribution in [2.75, 3.05) is 25.0 Å². The van der Waals surface area contributed by atoms with Gasteiger partial charge in [0.2, 0.25) is 0 Å². The Bertz CT molecular complexity index is 928. The number of para-hydroxylation sites is 1. The molecule has 3 aliphatic heterocycles. The van der Waals surface area contributed by atoms with Gasteiger partial charge >= 0.3 is 0 Å². The highest BCUT2D eigenvalue weighted by Crippen LogP contribution is 2.37. The molecule has 9 heteroatoms. The summed E-state index contributed by atoms with van der Waals surface area (Å²) in [4.78, 5) is 24.1. The number of fused-ring (bicyclic) bond motifs is 3. The van der Waals surface area contributed by atoms with Gasteiger partial charge in [-0.25, -0.2) is 0 Å². The Labute approximate surface area is 202 Å². The highest BCUT2D eigenvalue weighted by Gasteiger charge is 2.41. The molecule has 32 heavy (non-hydrogen) atoms. The molecular weight excluding hydrogens is 449 g/mol. The van der Waals surface area contributed by atoms with Gasteiger partial charge in [0, 0.05) is 43.3 Å². The van der Waals surface area contributed by atoms with E-state index in [1.165, 1.54) is 32.1 Å². The molecule has 7 nitrogen and oxygen atoms in total. The first-order valence-electron chi connectivity index (χ1n) is 11.4. The van der Waals surface area contributed by atoms with Crippen LogP contribution in [0.15, 0.2) is 22.6 Å². The number of rotatable bonds is 3. The number of halogens is 2. The third kappa shape index (κ3) is 4.32. The summed E-state index contributed by atoms with van der Waals surface area (Å²) < 4.78 is 6.08. The fourth-order valence-corrected chi connectivity index (χ4v) is 6.17. The maximum Gasteiger partial charge on any atom is 0.298 e. The molecule has 2 N–H and O–H groups in total. The number of oxazole rings is 1. The van der Waals surface area contributed by atoms with Crippen molar-refractivity contribution in [3.63, 3.8) is 0 Å². The number of anilines is 1. The highest BCUT2D eigenvalue weighted by atomic mass is 35.5. The number of benzene rings is 1. The van der Waals surface area contributed by atoms with Gasteiger partial charge in [-0.05, 0) is 58.7 Å². The standard InChI is InChI=1S/C23H33N5O2.2ClH/c1-14-12-27(18-10-16-6-4-7-17(11-18)26(16)3)13-15(2)28(14)23-25-21-19(22(24)29)8-5-9-20(21)30-23;;/h5,8-9,14-18H,4,6-7,10-13H2,1-3H3,(H2,24,29);2*1H/t14-,15-,16?,17?,18?;;/m1../s1. The first-order chi connectivity index (χ1) is 14.4. The number of hydrogen-bond donors (Lipinski definition) is 1. The van der Waals surface area contributed by atoms with Gasteiger partial charge in [0.15, 0.2) is 5.58 Å². The number of piperazine rings is 1. The molecule has 178 valence electrons. The molecule has 1 amide bonds. The smallest absolute Gasteiger partial charge is 0.298 e. The molecule has 3 aliphatic rings. The van der Waals surface area contributed by atoms with Crippen LogP contribution >= 0.6 is 24.8 Å². The van der Waals surface area contributed by atoms with Crippen LogP contribution < -0.4 is 10.6 Å². The van der Waals surface area contributed by atoms with Crippen LogP contribution in [0.4, 0.5) is 6.01 Å². The fraction of sp³-hybridized carbons (Fsp3) is 0.652. The van der Waals surface area contributed by atoms with Gasteiger partial charge in [-0.2, -0.15) is 4.98 Å². The minimum absolute atomic E-state index is 0. The lowest BCUT2D eigenvalue weighted by Gasteiger charge is -2.53. The van der Waals surface area contributed by atoms with Crippen LogP contribution in [0.2, 0.25) is 0 Å². The zero-order chi connectivity index (χ0) is 21.0. The highest BCUT2D eigenvalue weighted by molar-refractivity contribution is 6.03. The van der Waals surface area contributed by atoms with E-state index in [1.807, 2.05) is 6.07 Å². The van der Waals surface area contributed by atoms with Crippen LogP contribution in [-0.4, -0.2) is 71.0 Å². The molecule has 1 aromatic carbocycles. The quantitative estimate of drug-likeness (QED) is 0.716. The maximum atomic E-state index is 11.8. The van der Waals surface area contributed by atoms with E-state index in [-0.39, 0.29) is 24.8 Å². The monoisotopic (exact) mass is 483 g/mol. The van der Waals surface area contributed by atoms with Gasteiger partial charge in [-0.1, -0.05) is 12.5 Å². The Hall–Kier alpha value is -1.54. The number of nitrogens with zero attached hydrogens (tertiary/aromatic N) is 4. The molecule has 3 saturated heterocycles. The molecule has 0 aliphatic carbocycles. The molecule has 4 heterocycles. The molecular formula is C23H35Cl2N5O2. The number of aromatic nitrogens is 1. The zero-order valence-corrected chi connectivity index (χ0v) is 20.7. The van der Waals surface area contributed by atoms with Gasteiger partial charge in [0.1, 0.15) is 5.52 Å². The lowest BCUT2D eigenvalue weighted by molar-refractivity contribution is -0.000308. The third-order valence-corrected chi connectivity index (χ3v) is 7.67. The first kappa shape index (κ1) is 25.1. The van der Waals surface area contributed by atoms with Gasteiger partial charge < -0.3 is 20.0 Å². The van der Waals surface area contributed by atoms with E-state index in [4.69, 9.17) is 10.2 Å². The second-order valence-corrected chi connectivity index (χ2v) is 9.60. The van der Waals surface area contributed by atoms with Gasteiger partial charge in [-0.15, -0.1) is 24.8 Å². The van der Waals surface area contributed by atoms with Crippen LogP contribution in [-0.2, 0) is 0 Å². The van der Waals surface area contributed by atoms with Gasteiger partial charge in [0.25, 0.3) is 11.9 Å². The average molecular weight is 484 g/mol. The van der Waals surface area contributed by atoms with Crippen LogP contribution in [0.5, 0.6) is 0 Å². The maximum absolute atomic E-state index is 11.8. The van der Waals surface area contributed by atoms with E-state index in [0.717, 1.165) is 25.2 Å². The van der Waals surface area contributed by atoms with E-state index < -0.39 is 5.91 Å². The molecule has 3 fully saturated rings. The topological polar surface area (TPSA) is 78.8 Å². The van der Waals surface area contributed by atoms with Crippen molar-refractivity contribution >= 4 is 47.8 Å². The Balaban J connectivity index is 0.00000144. The molecule has 0 spiro atoms. The molecule has 1 aromatic heterocycles. The van der Waals surface area contributed by atoms with Crippen LogP contribution in [0.1, 0.15) is 56.3 Å². The summed E-state index contributed by atoms with van der Waals surface area (Å²) in [6.45, 7) is 6.53. The van der Waals surface area contributed by atoms with E-state index in [2.05, 4.69) is 40.6 Å². The van der Waals surface area contributed by atoms with Crippen molar-refractivity contribution in [1.29, 1.82) is 0 Å². The van der Waals surface area contributed by atoms with Crippen molar-refractivity contribution in [1.82, 2.24) is 14.8 Å². The first-order valence-corrected chi connectivity index (χ1v) is 11.4. The van der Waals surface area contributed by atoms with Crippen molar-refractivity contribution < 1.29 is 9.21 Å². The molecule has 0 saturated carbocycles. The molecule has 2 aromatic rings. The van der Waals surface area contributed by atoms with Crippen molar-refractivity contribution in [2.24, 2.45) is 5.73 Å². The second-order valence-electron chi connectivity index (χ2n) is 9.60. The third-order valence-electron chi connectivity index (χ3n) is 7.67. The lowest BCUT2D eigenvalue weighted by Crippen LogP contribution is -2.63. The summed E-state index contributed by atoms with van der Waals surface area (Å²) >= 11 is 0. The molecule has 2 unspecified atom stereocenters. The zero-order valence-electron chi connectivity index (χ0n) is 19.1. The molecule has 0 radical (unpaired) electrons. The predicted octanol–water partition coefficient (Wildman–Crippen LogP) is 3.68. The number of primary amides is 1. The number of carbonyl (C=O) groups is 1. The minimum Gasteiger partial charge on any atom is -0.423 e. The largest absolute Gasteiger partial charge is 0.423 e. The summed E-state index contributed by atoms with van der Waals surface area (Å²) in [5.41, 5.74) is 7.12. The SMILES string of the molecule is C[C@@H]1CN(C2CC3CCCC(C2)N3C)C[C@@H](C)N1c1nc2c(C(N)=O)cccc2o1.Cl.Cl.